The molecule has 0 saturated carbocycles. The van der Waals surface area contributed by atoms with Crippen LogP contribution in [0.25, 0.3) is 0 Å². The van der Waals surface area contributed by atoms with E-state index in [1.165, 1.54) is 0 Å². The zero-order chi connectivity index (χ0) is 3.41. The van der Waals surface area contributed by atoms with Gasteiger partial charge < -0.3 is 0 Å². The summed E-state index contributed by atoms with van der Waals surface area (Å²) in [7, 11) is 0. The van der Waals surface area contributed by atoms with Crippen LogP contribution >= 0.6 is 0 Å². The van der Waals surface area contributed by atoms with E-state index in [-0.39, 0.29) is 0 Å². The Bertz CT molecular complexity index is 5.25. The molecule has 0 aromatic rings. The third-order valence-corrected chi connectivity index (χ3v) is 0.154. The summed E-state index contributed by atoms with van der Waals surface area (Å²) in [4.78, 5) is 0. The molecule has 1 heteroatoms. The summed E-state index contributed by atoms with van der Waals surface area (Å²) < 4.78 is 10.6. The molecule has 0 unspecified atom stereocenters. The molecular formula is C3H6F. The number of hydrogen-bond acceptors (Lipinski definition) is 0. The number of hydrogen-bond donors (Lipinski definition) is 0. The maximum absolute atomic E-state index is 10.6. The lowest BCUT2D eigenvalue weighted by Crippen LogP contribution is -1.46. The Morgan fingerprint density at radius 1 is 2.00 bits per heavy atom. The lowest BCUT2D eigenvalue weighted by molar-refractivity contribution is 0.591. The molecule has 0 N–H and O–H groups in total. The van der Waals surface area contributed by atoms with Crippen molar-refractivity contribution in [2.45, 2.75) is 13.3 Å². The molecule has 0 fully saturated rings. The summed E-state index contributed by atoms with van der Waals surface area (Å²) >= 11 is 0. The molecule has 25 valence electrons. The van der Waals surface area contributed by atoms with Gasteiger partial charge in [-0.25, -0.2) is 4.39 Å². The highest BCUT2D eigenvalue weighted by Gasteiger charge is 1.62. The van der Waals surface area contributed by atoms with E-state index < -0.39 is 0 Å². The summed E-state index contributed by atoms with van der Waals surface area (Å²) in [5, 5.41) is 0. The van der Waals surface area contributed by atoms with Crippen LogP contribution in [0.15, 0.2) is 0 Å². The summed E-state index contributed by atoms with van der Waals surface area (Å²) in [6.07, 6.45) is 0.528. The molecule has 0 atom stereocenters. The number of halogens is 1. The molecule has 0 aliphatic rings. The normalized spacial score (nSPS) is 7.50. The zero-order valence-corrected chi connectivity index (χ0v) is 2.66. The second-order valence-electron chi connectivity index (χ2n) is 0.563. The van der Waals surface area contributed by atoms with E-state index in [4.69, 9.17) is 0 Å². The van der Waals surface area contributed by atoms with Crippen LogP contribution in [-0.2, 0) is 0 Å². The Morgan fingerprint density at radius 2 is 2.25 bits per heavy atom. The lowest BCUT2D eigenvalue weighted by Gasteiger charge is -1.63. The third kappa shape index (κ3) is 1.93. The first-order valence-electron chi connectivity index (χ1n) is 1.33. The van der Waals surface area contributed by atoms with Crippen LogP contribution in [-0.4, -0.2) is 0 Å². The van der Waals surface area contributed by atoms with Gasteiger partial charge in [-0.15, -0.1) is 0 Å². The molecule has 0 aromatic heterocycles. The molecule has 1 radical (unpaired) electrons. The molecule has 0 amide bonds. The molecule has 0 aromatic carbocycles. The largest absolute Gasteiger partial charge is 0.244 e. The monoisotopic (exact) mass is 61.0 g/mol. The van der Waals surface area contributed by atoms with E-state index in [1.54, 1.807) is 6.92 Å². The van der Waals surface area contributed by atoms with Crippen LogP contribution in [0.2, 0.25) is 0 Å². The Morgan fingerprint density at radius 3 is 2.25 bits per heavy atom. The predicted molar refractivity (Wildman–Crippen MR) is 15.7 cm³/mol. The minimum Gasteiger partial charge on any atom is -0.244 e. The molecule has 0 bridgehead atoms. The fourth-order valence-electron chi connectivity index (χ4n) is 0. The van der Waals surface area contributed by atoms with Crippen molar-refractivity contribution in [2.24, 2.45) is 0 Å². The molecule has 0 nitrogen and oxygen atoms in total. The van der Waals surface area contributed by atoms with Crippen molar-refractivity contribution in [2.75, 3.05) is 0 Å². The SMILES string of the molecule is CC[CH]F. The summed E-state index contributed by atoms with van der Waals surface area (Å²) in [5.74, 6) is 0. The average molecular weight is 61.1 g/mol. The van der Waals surface area contributed by atoms with Gasteiger partial charge >= 0.3 is 0 Å². The molecular weight excluding hydrogens is 55.0 g/mol. The highest BCUT2D eigenvalue weighted by atomic mass is 19.1. The van der Waals surface area contributed by atoms with E-state index in [9.17, 15) is 4.39 Å². The Kier molecular flexibility index (Phi) is 2.88. The van der Waals surface area contributed by atoms with E-state index in [1.807, 2.05) is 0 Å². The fourth-order valence-corrected chi connectivity index (χ4v) is 0. The van der Waals surface area contributed by atoms with E-state index in [2.05, 4.69) is 0 Å². The minimum atomic E-state index is 0.528. The molecule has 0 aliphatic heterocycles. The predicted octanol–water partition coefficient (Wildman–Crippen LogP) is 1.53. The zero-order valence-electron chi connectivity index (χ0n) is 2.66. The van der Waals surface area contributed by atoms with Gasteiger partial charge in [-0.05, 0) is 6.42 Å². The fraction of sp³-hybridized carbons (Fsp3) is 0.667. The summed E-state index contributed by atoms with van der Waals surface area (Å²) in [5.41, 5.74) is 0. The Balaban J connectivity index is 1.97. The average Bonchev–Trinajstić information content (AvgIpc) is 1.37. The maximum atomic E-state index is 10.6. The first kappa shape index (κ1) is 3.93. The van der Waals surface area contributed by atoms with Crippen molar-refractivity contribution in [3.63, 3.8) is 0 Å². The minimum absolute atomic E-state index is 0.528. The van der Waals surface area contributed by atoms with Crippen LogP contribution < -0.4 is 0 Å². The highest BCUT2D eigenvalue weighted by Crippen LogP contribution is 1.79. The summed E-state index contributed by atoms with van der Waals surface area (Å²) in [6.45, 7) is 2.38. The van der Waals surface area contributed by atoms with Gasteiger partial charge in [0.1, 0.15) is 6.67 Å². The van der Waals surface area contributed by atoms with Gasteiger partial charge in [0.05, 0.1) is 0 Å². The Labute approximate surface area is 25.6 Å². The molecule has 0 saturated heterocycles. The summed E-state index contributed by atoms with van der Waals surface area (Å²) in [6, 6.07) is 0. The second-order valence-corrected chi connectivity index (χ2v) is 0.563. The third-order valence-electron chi connectivity index (χ3n) is 0.154. The van der Waals surface area contributed by atoms with E-state index in [0.717, 1.165) is 0 Å². The molecule has 4 heavy (non-hydrogen) atoms. The maximum Gasteiger partial charge on any atom is 0.131 e. The van der Waals surface area contributed by atoms with Crippen LogP contribution in [0, 0.1) is 6.67 Å². The van der Waals surface area contributed by atoms with Crippen LogP contribution in [0.1, 0.15) is 13.3 Å². The van der Waals surface area contributed by atoms with Crippen molar-refractivity contribution < 1.29 is 4.39 Å². The molecule has 0 rings (SSSR count). The van der Waals surface area contributed by atoms with Gasteiger partial charge in [0.25, 0.3) is 0 Å². The smallest absolute Gasteiger partial charge is 0.131 e. The van der Waals surface area contributed by atoms with Crippen LogP contribution in [0.4, 0.5) is 4.39 Å². The van der Waals surface area contributed by atoms with Gasteiger partial charge in [0.2, 0.25) is 0 Å². The Hall–Kier alpha value is -0.0700. The quantitative estimate of drug-likeness (QED) is 0.431. The molecule has 0 aliphatic carbocycles. The second kappa shape index (κ2) is 2.93. The van der Waals surface area contributed by atoms with E-state index in [0.29, 0.717) is 13.1 Å². The first-order chi connectivity index (χ1) is 1.91. The van der Waals surface area contributed by atoms with Gasteiger partial charge in [0.15, 0.2) is 0 Å². The van der Waals surface area contributed by atoms with Crippen molar-refractivity contribution in [1.82, 2.24) is 0 Å². The standard InChI is InChI=1S/C3H6F/c1-2-3-4/h3H,2H2,1H3. The van der Waals surface area contributed by atoms with Crippen molar-refractivity contribution in [3.8, 4) is 0 Å². The van der Waals surface area contributed by atoms with Crippen molar-refractivity contribution >= 4 is 0 Å². The molecule has 0 heterocycles. The highest BCUT2D eigenvalue weighted by molar-refractivity contribution is 4.33. The van der Waals surface area contributed by atoms with Crippen LogP contribution in [0.5, 0.6) is 0 Å². The number of rotatable bonds is 1. The van der Waals surface area contributed by atoms with Gasteiger partial charge in [-0.2, -0.15) is 0 Å². The lowest BCUT2D eigenvalue weighted by atomic mass is 10.6. The molecule has 0 spiro atoms. The van der Waals surface area contributed by atoms with Crippen molar-refractivity contribution in [1.29, 1.82) is 0 Å². The van der Waals surface area contributed by atoms with Crippen LogP contribution in [0.3, 0.4) is 0 Å². The first-order valence-corrected chi connectivity index (χ1v) is 1.33. The van der Waals surface area contributed by atoms with Gasteiger partial charge in [0, 0.05) is 0 Å². The van der Waals surface area contributed by atoms with Gasteiger partial charge in [-0.3, -0.25) is 0 Å². The van der Waals surface area contributed by atoms with Gasteiger partial charge in [-0.1, -0.05) is 6.92 Å². The van der Waals surface area contributed by atoms with E-state index >= 15 is 0 Å². The van der Waals surface area contributed by atoms with Crippen molar-refractivity contribution in [3.05, 3.63) is 6.67 Å². The topological polar surface area (TPSA) is 0 Å².